The number of hydrogen-bond donors (Lipinski definition) is 1. The van der Waals surface area contributed by atoms with Crippen molar-refractivity contribution in [3.63, 3.8) is 0 Å². The standard InChI is InChI=1S/C24H26N2O3S2/c1-26-21-7-6-20(11-22(21)30-23(26)27)31(28,29)25-19-4-2-18(3-5-19)24-12-15-8-16(13-24)10-17(9-15)14-24/h2-7,11,15-17,25H,8-10,12-14H2,1H3. The highest BCUT2D eigenvalue weighted by molar-refractivity contribution is 7.92. The van der Waals surface area contributed by atoms with Crippen molar-refractivity contribution < 1.29 is 8.42 Å². The number of thiazole rings is 1. The zero-order chi connectivity index (χ0) is 21.4. The van der Waals surface area contributed by atoms with E-state index in [-0.39, 0.29) is 9.77 Å². The first-order valence-corrected chi connectivity index (χ1v) is 13.3. The lowest BCUT2D eigenvalue weighted by atomic mass is 9.48. The molecule has 4 saturated carbocycles. The van der Waals surface area contributed by atoms with Crippen molar-refractivity contribution in [1.29, 1.82) is 0 Å². The van der Waals surface area contributed by atoms with Crippen LogP contribution in [0.1, 0.15) is 44.1 Å². The van der Waals surface area contributed by atoms with Crippen LogP contribution < -0.4 is 9.60 Å². The van der Waals surface area contributed by atoms with Crippen LogP contribution in [-0.2, 0) is 22.5 Å². The number of hydrogen-bond acceptors (Lipinski definition) is 4. The van der Waals surface area contributed by atoms with E-state index in [9.17, 15) is 13.2 Å². The fourth-order valence-electron chi connectivity index (χ4n) is 6.85. The van der Waals surface area contributed by atoms with Gasteiger partial charge >= 0.3 is 4.87 Å². The fraction of sp³-hybridized carbons (Fsp3) is 0.458. The number of sulfonamides is 1. The largest absolute Gasteiger partial charge is 0.307 e. The summed E-state index contributed by atoms with van der Waals surface area (Å²) in [6.45, 7) is 0. The molecule has 0 atom stereocenters. The Balaban J connectivity index is 1.26. The molecular formula is C24H26N2O3S2. The minimum absolute atomic E-state index is 0.0993. The van der Waals surface area contributed by atoms with Crippen LogP contribution in [0.2, 0.25) is 0 Å². The predicted octanol–water partition coefficient (Wildman–Crippen LogP) is 4.87. The summed E-state index contributed by atoms with van der Waals surface area (Å²) in [7, 11) is -2.03. The smallest absolute Gasteiger partial charge is 0.302 e. The third kappa shape index (κ3) is 3.16. The minimum Gasteiger partial charge on any atom is -0.302 e. The van der Waals surface area contributed by atoms with Crippen LogP contribution in [0.25, 0.3) is 10.2 Å². The Bertz CT molecular complexity index is 1300. The van der Waals surface area contributed by atoms with Crippen LogP contribution in [0, 0.1) is 17.8 Å². The molecule has 7 rings (SSSR count). The first kappa shape index (κ1) is 19.6. The SMILES string of the molecule is Cn1c(=O)sc2cc(S(=O)(=O)Nc3ccc(C45CC6CC(CC(C6)C4)C5)cc3)ccc21. The Labute approximate surface area is 186 Å². The number of aromatic nitrogens is 1. The van der Waals surface area contributed by atoms with Gasteiger partial charge in [0.25, 0.3) is 10.0 Å². The highest BCUT2D eigenvalue weighted by atomic mass is 32.2. The summed E-state index contributed by atoms with van der Waals surface area (Å²) in [5.74, 6) is 2.65. The number of fused-ring (bicyclic) bond motifs is 1. The Kier molecular flexibility index (Phi) is 4.22. The number of nitrogens with one attached hydrogen (secondary N) is 1. The van der Waals surface area contributed by atoms with Gasteiger partial charge < -0.3 is 4.57 Å². The topological polar surface area (TPSA) is 68.2 Å². The molecule has 4 bridgehead atoms. The van der Waals surface area contributed by atoms with Crippen LogP contribution in [0.15, 0.2) is 52.2 Å². The summed E-state index contributed by atoms with van der Waals surface area (Å²) < 4.78 is 30.8. The molecule has 1 N–H and O–H groups in total. The van der Waals surface area contributed by atoms with Gasteiger partial charge in [-0.05, 0) is 97.6 Å². The maximum absolute atomic E-state index is 13.0. The average molecular weight is 455 g/mol. The van der Waals surface area contributed by atoms with E-state index in [4.69, 9.17) is 0 Å². The van der Waals surface area contributed by atoms with Crippen LogP contribution in [-0.4, -0.2) is 13.0 Å². The minimum atomic E-state index is -3.72. The Morgan fingerprint density at radius 2 is 1.58 bits per heavy atom. The molecule has 0 spiro atoms. The van der Waals surface area contributed by atoms with Crippen molar-refractivity contribution in [3.8, 4) is 0 Å². The number of benzene rings is 2. The van der Waals surface area contributed by atoms with Crippen molar-refractivity contribution in [1.82, 2.24) is 4.57 Å². The Morgan fingerprint density at radius 1 is 0.968 bits per heavy atom. The molecule has 4 aliphatic rings. The Morgan fingerprint density at radius 3 is 2.19 bits per heavy atom. The first-order valence-electron chi connectivity index (χ1n) is 11.0. The van der Waals surface area contributed by atoms with Crippen molar-refractivity contribution in [2.75, 3.05) is 4.72 Å². The molecule has 0 unspecified atom stereocenters. The molecule has 1 aromatic heterocycles. The summed E-state index contributed by atoms with van der Waals surface area (Å²) >= 11 is 1.06. The van der Waals surface area contributed by atoms with E-state index in [0.717, 1.165) is 34.6 Å². The second-order valence-corrected chi connectivity index (χ2v) is 12.6. The summed E-state index contributed by atoms with van der Waals surface area (Å²) in [4.78, 5) is 11.9. The van der Waals surface area contributed by atoms with Crippen LogP contribution in [0.4, 0.5) is 5.69 Å². The summed E-state index contributed by atoms with van der Waals surface area (Å²) in [5, 5.41) is 0. The van der Waals surface area contributed by atoms with Gasteiger partial charge in [0.2, 0.25) is 0 Å². The highest BCUT2D eigenvalue weighted by Crippen LogP contribution is 2.60. The molecule has 1 heterocycles. The third-order valence-corrected chi connectivity index (χ3v) is 10.2. The van der Waals surface area contributed by atoms with Crippen molar-refractivity contribution in [2.45, 2.75) is 48.8 Å². The molecule has 0 amide bonds. The fourth-order valence-corrected chi connectivity index (χ4v) is 8.93. The number of aryl methyl sites for hydroxylation is 1. The van der Waals surface area contributed by atoms with Gasteiger partial charge in [0.1, 0.15) is 0 Å². The van der Waals surface area contributed by atoms with E-state index < -0.39 is 10.0 Å². The summed E-state index contributed by atoms with van der Waals surface area (Å²) in [5.41, 5.74) is 3.01. The van der Waals surface area contributed by atoms with E-state index >= 15 is 0 Å². The maximum Gasteiger partial charge on any atom is 0.307 e. The summed E-state index contributed by atoms with van der Waals surface area (Å²) in [6.07, 6.45) is 8.13. The van der Waals surface area contributed by atoms with Gasteiger partial charge in [-0.25, -0.2) is 8.42 Å². The Hall–Kier alpha value is -2.12. The first-order chi connectivity index (χ1) is 14.8. The van der Waals surface area contributed by atoms with Gasteiger partial charge in [0.15, 0.2) is 0 Å². The molecule has 5 nitrogen and oxygen atoms in total. The van der Waals surface area contributed by atoms with E-state index in [2.05, 4.69) is 16.9 Å². The lowest BCUT2D eigenvalue weighted by molar-refractivity contribution is -0.00518. The van der Waals surface area contributed by atoms with Gasteiger partial charge in [0.05, 0.1) is 15.1 Å². The van der Waals surface area contributed by atoms with Crippen molar-refractivity contribution >= 4 is 37.3 Å². The highest BCUT2D eigenvalue weighted by Gasteiger charge is 2.51. The summed E-state index contributed by atoms with van der Waals surface area (Å²) in [6, 6.07) is 12.9. The van der Waals surface area contributed by atoms with Crippen LogP contribution in [0.5, 0.6) is 0 Å². The molecule has 0 radical (unpaired) electrons. The maximum atomic E-state index is 13.0. The zero-order valence-electron chi connectivity index (χ0n) is 17.5. The number of anilines is 1. The third-order valence-electron chi connectivity index (χ3n) is 7.86. The molecule has 0 aliphatic heterocycles. The normalized spacial score (nSPS) is 29.5. The second-order valence-electron chi connectivity index (χ2n) is 9.94. The lowest BCUT2D eigenvalue weighted by Crippen LogP contribution is -2.48. The monoisotopic (exact) mass is 454 g/mol. The van der Waals surface area contributed by atoms with Crippen molar-refractivity contribution in [2.24, 2.45) is 24.8 Å². The quantitative estimate of drug-likeness (QED) is 0.612. The van der Waals surface area contributed by atoms with Gasteiger partial charge in [-0.15, -0.1) is 0 Å². The van der Waals surface area contributed by atoms with E-state index in [1.165, 1.54) is 48.7 Å². The second kappa shape index (κ2) is 6.69. The molecule has 4 aliphatic carbocycles. The molecule has 3 aromatic rings. The van der Waals surface area contributed by atoms with Gasteiger partial charge in [-0.3, -0.25) is 9.52 Å². The lowest BCUT2D eigenvalue weighted by Gasteiger charge is -2.57. The van der Waals surface area contributed by atoms with Gasteiger partial charge in [-0.1, -0.05) is 23.5 Å². The molecule has 0 saturated heterocycles. The van der Waals surface area contributed by atoms with Gasteiger partial charge in [-0.2, -0.15) is 0 Å². The van der Waals surface area contributed by atoms with E-state index in [0.29, 0.717) is 15.8 Å². The molecule has 162 valence electrons. The number of rotatable bonds is 4. The predicted molar refractivity (Wildman–Crippen MR) is 124 cm³/mol. The van der Waals surface area contributed by atoms with Crippen LogP contribution >= 0.6 is 11.3 Å². The molecule has 31 heavy (non-hydrogen) atoms. The average Bonchev–Trinajstić information content (AvgIpc) is 3.00. The van der Waals surface area contributed by atoms with Crippen LogP contribution in [0.3, 0.4) is 0 Å². The zero-order valence-corrected chi connectivity index (χ0v) is 19.1. The molecular weight excluding hydrogens is 428 g/mol. The van der Waals surface area contributed by atoms with E-state index in [1.807, 2.05) is 12.1 Å². The van der Waals surface area contributed by atoms with E-state index in [1.54, 1.807) is 25.2 Å². The molecule has 2 aromatic carbocycles. The molecule has 4 fully saturated rings. The number of nitrogens with zero attached hydrogens (tertiary/aromatic N) is 1. The van der Waals surface area contributed by atoms with Gasteiger partial charge in [0, 0.05) is 12.7 Å². The molecule has 7 heteroatoms. The van der Waals surface area contributed by atoms with Crippen molar-refractivity contribution in [3.05, 3.63) is 57.7 Å².